The number of benzene rings is 1. The molecule has 0 saturated carbocycles. The molecule has 0 saturated heterocycles. The van der Waals surface area contributed by atoms with Crippen LogP contribution >= 0.6 is 0 Å². The second-order valence-electron chi connectivity index (χ2n) is 5.18. The molecular weight excluding hydrogens is 322 g/mol. The van der Waals surface area contributed by atoms with Crippen molar-refractivity contribution in [2.24, 2.45) is 5.92 Å². The van der Waals surface area contributed by atoms with Crippen LogP contribution in [-0.4, -0.2) is 42.9 Å². The summed E-state index contributed by atoms with van der Waals surface area (Å²) in [6, 6.07) is 6.01. The predicted molar refractivity (Wildman–Crippen MR) is 83.0 cm³/mol. The van der Waals surface area contributed by atoms with E-state index in [1.54, 1.807) is 6.07 Å². The SMILES string of the molecule is CCC(C)CON(C(C=O)CC(=O)O)S(=O)(=O)c1ccccc1. The normalized spacial score (nSPS) is 14.4. The van der Waals surface area contributed by atoms with Gasteiger partial charge in [-0.05, 0) is 18.1 Å². The molecule has 1 aromatic rings. The zero-order valence-electron chi connectivity index (χ0n) is 13.1. The van der Waals surface area contributed by atoms with Crippen molar-refractivity contribution in [2.45, 2.75) is 37.6 Å². The molecule has 1 N–H and O–H groups in total. The number of carboxylic acid groups (broad SMARTS) is 1. The van der Waals surface area contributed by atoms with Gasteiger partial charge in [0.15, 0.2) is 0 Å². The standard InChI is InChI=1S/C15H21NO6S/c1-3-12(2)11-22-16(13(10-17)9-15(18)19)23(20,21)14-7-5-4-6-8-14/h4-8,10,12-13H,3,9,11H2,1-2H3,(H,18,19). The van der Waals surface area contributed by atoms with Crippen molar-refractivity contribution in [3.63, 3.8) is 0 Å². The van der Waals surface area contributed by atoms with Crippen molar-refractivity contribution >= 4 is 22.3 Å². The second kappa shape index (κ2) is 8.76. The number of aldehydes is 1. The molecule has 0 radical (unpaired) electrons. The van der Waals surface area contributed by atoms with Gasteiger partial charge in [-0.15, -0.1) is 0 Å². The summed E-state index contributed by atoms with van der Waals surface area (Å²) in [5.41, 5.74) is 0. The average Bonchev–Trinajstić information content (AvgIpc) is 2.53. The van der Waals surface area contributed by atoms with Crippen LogP contribution in [0.25, 0.3) is 0 Å². The van der Waals surface area contributed by atoms with Crippen LogP contribution in [0.15, 0.2) is 35.2 Å². The minimum absolute atomic E-state index is 0.0561. The molecule has 0 heterocycles. The molecule has 2 unspecified atom stereocenters. The van der Waals surface area contributed by atoms with Crippen LogP contribution in [0.4, 0.5) is 0 Å². The van der Waals surface area contributed by atoms with Crippen LogP contribution in [0, 0.1) is 5.92 Å². The molecule has 7 nitrogen and oxygen atoms in total. The van der Waals surface area contributed by atoms with E-state index in [4.69, 9.17) is 9.94 Å². The first-order chi connectivity index (χ1) is 10.8. The molecule has 1 rings (SSSR count). The van der Waals surface area contributed by atoms with Gasteiger partial charge in [-0.2, -0.15) is 0 Å². The minimum Gasteiger partial charge on any atom is -0.481 e. The van der Waals surface area contributed by atoms with E-state index in [1.807, 2.05) is 13.8 Å². The lowest BCUT2D eigenvalue weighted by molar-refractivity contribution is -0.153. The largest absolute Gasteiger partial charge is 0.481 e. The van der Waals surface area contributed by atoms with E-state index in [-0.39, 0.29) is 23.7 Å². The van der Waals surface area contributed by atoms with Gasteiger partial charge in [0, 0.05) is 0 Å². The summed E-state index contributed by atoms with van der Waals surface area (Å²) in [5, 5.41) is 8.89. The zero-order valence-corrected chi connectivity index (χ0v) is 13.9. The maximum absolute atomic E-state index is 12.7. The number of carbonyl (C=O) groups is 2. The molecule has 0 aliphatic heterocycles. The smallest absolute Gasteiger partial charge is 0.305 e. The Labute approximate surface area is 135 Å². The van der Waals surface area contributed by atoms with Crippen molar-refractivity contribution in [3.05, 3.63) is 30.3 Å². The summed E-state index contributed by atoms with van der Waals surface area (Å²) >= 11 is 0. The van der Waals surface area contributed by atoms with Crippen molar-refractivity contribution < 1.29 is 28.0 Å². The summed E-state index contributed by atoms with van der Waals surface area (Å²) in [5.74, 6) is -1.23. The quantitative estimate of drug-likeness (QED) is 0.512. The highest BCUT2D eigenvalue weighted by Crippen LogP contribution is 2.20. The van der Waals surface area contributed by atoms with Gasteiger partial charge in [-0.3, -0.25) is 9.63 Å². The Morgan fingerprint density at radius 1 is 1.35 bits per heavy atom. The molecule has 2 atom stereocenters. The van der Waals surface area contributed by atoms with Crippen molar-refractivity contribution in [1.29, 1.82) is 0 Å². The summed E-state index contributed by atoms with van der Waals surface area (Å²) < 4.78 is 25.8. The van der Waals surface area contributed by atoms with Gasteiger partial charge in [0.05, 0.1) is 17.9 Å². The number of hydrogen-bond acceptors (Lipinski definition) is 5. The number of sulfonamides is 1. The van der Waals surface area contributed by atoms with E-state index in [0.29, 0.717) is 4.47 Å². The second-order valence-corrected chi connectivity index (χ2v) is 6.97. The highest BCUT2D eigenvalue weighted by atomic mass is 32.2. The highest BCUT2D eigenvalue weighted by Gasteiger charge is 2.34. The molecule has 0 aliphatic rings. The number of nitrogens with zero attached hydrogens (tertiary/aromatic N) is 1. The average molecular weight is 343 g/mol. The van der Waals surface area contributed by atoms with Gasteiger partial charge in [0.1, 0.15) is 12.3 Å². The van der Waals surface area contributed by atoms with Crippen molar-refractivity contribution in [3.8, 4) is 0 Å². The lowest BCUT2D eigenvalue weighted by Crippen LogP contribution is -2.43. The fourth-order valence-electron chi connectivity index (χ4n) is 1.71. The molecule has 23 heavy (non-hydrogen) atoms. The van der Waals surface area contributed by atoms with E-state index in [1.165, 1.54) is 24.3 Å². The van der Waals surface area contributed by atoms with Gasteiger partial charge in [0.25, 0.3) is 10.0 Å². The number of carboxylic acids is 1. The Kier molecular flexibility index (Phi) is 7.34. The molecule has 1 aromatic carbocycles. The van der Waals surface area contributed by atoms with Gasteiger partial charge in [0.2, 0.25) is 0 Å². The number of hydroxylamine groups is 1. The molecule has 0 aromatic heterocycles. The maximum atomic E-state index is 12.7. The predicted octanol–water partition coefficient (Wildman–Crippen LogP) is 1.70. The summed E-state index contributed by atoms with van der Waals surface area (Å²) in [4.78, 5) is 27.4. The number of rotatable bonds is 10. The Balaban J connectivity index is 3.16. The molecule has 128 valence electrons. The molecular formula is C15H21NO6S. The Hall–Kier alpha value is -1.77. The van der Waals surface area contributed by atoms with E-state index in [2.05, 4.69) is 0 Å². The topological polar surface area (TPSA) is 101 Å². The van der Waals surface area contributed by atoms with Gasteiger partial charge >= 0.3 is 5.97 Å². The first-order valence-electron chi connectivity index (χ1n) is 7.22. The minimum atomic E-state index is -4.15. The van der Waals surface area contributed by atoms with Crippen LogP contribution in [0.2, 0.25) is 0 Å². The van der Waals surface area contributed by atoms with Gasteiger partial charge < -0.3 is 9.90 Å². The Bertz CT molecular complexity index is 616. The summed E-state index contributed by atoms with van der Waals surface area (Å²) in [6.07, 6.45) is 0.352. The molecule has 0 amide bonds. The van der Waals surface area contributed by atoms with Crippen LogP contribution in [0.5, 0.6) is 0 Å². The van der Waals surface area contributed by atoms with Gasteiger partial charge in [-0.25, -0.2) is 8.42 Å². The fourth-order valence-corrected chi connectivity index (χ4v) is 3.10. The Morgan fingerprint density at radius 3 is 2.43 bits per heavy atom. The van der Waals surface area contributed by atoms with Crippen LogP contribution in [0.3, 0.4) is 0 Å². The first kappa shape index (κ1) is 19.3. The third-order valence-electron chi connectivity index (χ3n) is 3.27. The number of aliphatic carboxylic acids is 1. The molecule has 0 bridgehead atoms. The van der Waals surface area contributed by atoms with Crippen molar-refractivity contribution in [1.82, 2.24) is 4.47 Å². The Morgan fingerprint density at radius 2 is 1.96 bits per heavy atom. The molecule has 8 heteroatoms. The lowest BCUT2D eigenvalue weighted by Gasteiger charge is -2.26. The monoisotopic (exact) mass is 343 g/mol. The van der Waals surface area contributed by atoms with E-state index in [9.17, 15) is 18.0 Å². The van der Waals surface area contributed by atoms with Crippen LogP contribution in [-0.2, 0) is 24.4 Å². The third-order valence-corrected chi connectivity index (χ3v) is 4.99. The van der Waals surface area contributed by atoms with E-state index >= 15 is 0 Å². The highest BCUT2D eigenvalue weighted by molar-refractivity contribution is 7.89. The van der Waals surface area contributed by atoms with Crippen molar-refractivity contribution in [2.75, 3.05) is 6.61 Å². The van der Waals surface area contributed by atoms with E-state index in [0.717, 1.165) is 6.42 Å². The van der Waals surface area contributed by atoms with Gasteiger partial charge in [-0.1, -0.05) is 42.9 Å². The zero-order chi connectivity index (χ0) is 17.5. The summed E-state index contributed by atoms with van der Waals surface area (Å²) in [6.45, 7) is 3.84. The molecule has 0 fully saturated rings. The van der Waals surface area contributed by atoms with Crippen LogP contribution in [0.1, 0.15) is 26.7 Å². The first-order valence-corrected chi connectivity index (χ1v) is 8.66. The lowest BCUT2D eigenvalue weighted by atomic mass is 10.1. The number of carbonyl (C=O) groups excluding carboxylic acids is 1. The summed E-state index contributed by atoms with van der Waals surface area (Å²) in [7, 11) is -4.15. The third kappa shape index (κ3) is 5.42. The van der Waals surface area contributed by atoms with Crippen LogP contribution < -0.4 is 0 Å². The molecule has 0 aliphatic carbocycles. The van der Waals surface area contributed by atoms with E-state index < -0.39 is 28.5 Å². The number of hydrogen-bond donors (Lipinski definition) is 1. The molecule has 0 spiro atoms. The maximum Gasteiger partial charge on any atom is 0.305 e. The fraction of sp³-hybridized carbons (Fsp3) is 0.467.